The number of amides is 1. The molecule has 4 N–H and O–H groups in total. The minimum Gasteiger partial charge on any atom is -0.394 e. The lowest BCUT2D eigenvalue weighted by Gasteiger charge is -2.38. The average Bonchev–Trinajstić information content (AvgIpc) is 2.27. The van der Waals surface area contributed by atoms with E-state index in [4.69, 9.17) is 9.84 Å². The van der Waals surface area contributed by atoms with E-state index >= 15 is 0 Å². The van der Waals surface area contributed by atoms with Crippen LogP contribution in [0.2, 0.25) is 0 Å². The maximum Gasteiger partial charge on any atom is 0.288 e. The van der Waals surface area contributed by atoms with Gasteiger partial charge in [0.05, 0.1) is 6.61 Å². The zero-order valence-electron chi connectivity index (χ0n) is 8.05. The van der Waals surface area contributed by atoms with Crippen LogP contribution in [0.1, 0.15) is 0 Å². The Labute approximate surface area is 89.8 Å². The van der Waals surface area contributed by atoms with Crippen molar-refractivity contribution in [3.63, 3.8) is 0 Å². The lowest BCUT2D eigenvalue weighted by Crippen LogP contribution is -2.60. The molecule has 0 aromatic heterocycles. The smallest absolute Gasteiger partial charge is 0.288 e. The van der Waals surface area contributed by atoms with Gasteiger partial charge >= 0.3 is 0 Å². The Balaban J connectivity index is 2.86. The maximum atomic E-state index is 11.1. The van der Waals surface area contributed by atoms with Gasteiger partial charge in [-0.25, -0.2) is 4.79 Å². The molecule has 0 bridgehead atoms. The van der Waals surface area contributed by atoms with E-state index in [2.05, 4.69) is 4.99 Å². The molecule has 1 aliphatic heterocycles. The Kier molecular flexibility index (Phi) is 4.25. The highest BCUT2D eigenvalue weighted by Crippen LogP contribution is 2.21. The van der Waals surface area contributed by atoms with Crippen molar-refractivity contribution in [1.82, 2.24) is 0 Å². The minimum absolute atomic E-state index is 0.653. The first kappa shape index (κ1) is 12.9. The summed E-state index contributed by atoms with van der Waals surface area (Å²) in [7, 11) is 0. The molecule has 1 fully saturated rings. The predicted octanol–water partition coefficient (Wildman–Crippen LogP) is -3.31. The third kappa shape index (κ3) is 2.33. The SMILES string of the molecule is O=C=NC(=O)[C@@H]1O[C@H](CO)[C@@H](O)[C@H](O)[C@H]1O. The Morgan fingerprint density at radius 2 is 1.88 bits per heavy atom. The van der Waals surface area contributed by atoms with E-state index < -0.39 is 43.0 Å². The van der Waals surface area contributed by atoms with Crippen LogP contribution in [0, 0.1) is 0 Å². The molecule has 5 atom stereocenters. The normalized spacial score (nSPS) is 38.9. The van der Waals surface area contributed by atoms with Crippen molar-refractivity contribution in [2.24, 2.45) is 4.99 Å². The monoisotopic (exact) mass is 233 g/mol. The third-order valence-corrected chi connectivity index (χ3v) is 2.29. The topological polar surface area (TPSA) is 137 Å². The van der Waals surface area contributed by atoms with Crippen LogP contribution in [-0.2, 0) is 14.3 Å². The molecule has 0 aliphatic carbocycles. The van der Waals surface area contributed by atoms with Crippen molar-refractivity contribution >= 4 is 12.0 Å². The van der Waals surface area contributed by atoms with E-state index in [1.54, 1.807) is 0 Å². The van der Waals surface area contributed by atoms with Crippen molar-refractivity contribution in [1.29, 1.82) is 0 Å². The number of carbonyl (C=O) groups is 1. The largest absolute Gasteiger partial charge is 0.394 e. The van der Waals surface area contributed by atoms with Gasteiger partial charge in [-0.1, -0.05) is 0 Å². The number of hydrogen-bond acceptors (Lipinski definition) is 7. The van der Waals surface area contributed by atoms with Gasteiger partial charge < -0.3 is 25.2 Å². The highest BCUT2D eigenvalue weighted by Gasteiger charge is 2.46. The molecular weight excluding hydrogens is 222 g/mol. The number of rotatable bonds is 2. The lowest BCUT2D eigenvalue weighted by atomic mass is 9.95. The first-order chi connectivity index (χ1) is 7.52. The number of aliphatic hydroxyl groups excluding tert-OH is 4. The molecule has 0 spiro atoms. The van der Waals surface area contributed by atoms with Crippen LogP contribution in [0.4, 0.5) is 0 Å². The molecule has 0 aromatic carbocycles. The zero-order valence-corrected chi connectivity index (χ0v) is 8.05. The second kappa shape index (κ2) is 5.26. The van der Waals surface area contributed by atoms with Crippen LogP contribution in [0.25, 0.3) is 0 Å². The summed E-state index contributed by atoms with van der Waals surface area (Å²) in [5.41, 5.74) is 0. The van der Waals surface area contributed by atoms with Crippen LogP contribution in [0.5, 0.6) is 0 Å². The first-order valence-electron chi connectivity index (χ1n) is 4.45. The second-order valence-corrected chi connectivity index (χ2v) is 3.29. The molecule has 90 valence electrons. The summed E-state index contributed by atoms with van der Waals surface area (Å²) in [5.74, 6) is -1.13. The van der Waals surface area contributed by atoms with E-state index in [9.17, 15) is 24.9 Å². The number of hydrogen-bond donors (Lipinski definition) is 4. The third-order valence-electron chi connectivity index (χ3n) is 2.29. The number of aliphatic hydroxyl groups is 4. The Morgan fingerprint density at radius 1 is 1.25 bits per heavy atom. The standard InChI is InChI=1S/C8H11NO7/c10-1-3-4(12)5(13)6(14)7(16-3)8(15)9-2-11/h3-7,10,12-14H,1H2/t3-,4-,5+,6-,7-/m1/s1. The molecule has 0 unspecified atom stereocenters. The van der Waals surface area contributed by atoms with Gasteiger partial charge in [0.15, 0.2) is 6.10 Å². The Morgan fingerprint density at radius 3 is 2.38 bits per heavy atom. The van der Waals surface area contributed by atoms with Crippen molar-refractivity contribution in [3.8, 4) is 0 Å². The molecule has 1 amide bonds. The van der Waals surface area contributed by atoms with Gasteiger partial charge in [-0.3, -0.25) is 4.79 Å². The molecular formula is C8H11NO7. The summed E-state index contributed by atoms with van der Waals surface area (Å²) in [6, 6.07) is 0. The van der Waals surface area contributed by atoms with Gasteiger partial charge in [-0.2, -0.15) is 0 Å². The molecule has 16 heavy (non-hydrogen) atoms. The van der Waals surface area contributed by atoms with Gasteiger partial charge in [0.25, 0.3) is 5.91 Å². The van der Waals surface area contributed by atoms with E-state index in [0.717, 1.165) is 6.08 Å². The number of nitrogens with zero attached hydrogens (tertiary/aromatic N) is 1. The number of ether oxygens (including phenoxy) is 1. The average molecular weight is 233 g/mol. The van der Waals surface area contributed by atoms with Crippen LogP contribution >= 0.6 is 0 Å². The Bertz CT molecular complexity index is 312. The van der Waals surface area contributed by atoms with Gasteiger partial charge in [0, 0.05) is 0 Å². The molecule has 0 aromatic rings. The molecule has 8 heteroatoms. The highest BCUT2D eigenvalue weighted by molar-refractivity contribution is 5.86. The van der Waals surface area contributed by atoms with Crippen molar-refractivity contribution in [2.75, 3.05) is 6.61 Å². The fourth-order valence-electron chi connectivity index (χ4n) is 1.41. The van der Waals surface area contributed by atoms with E-state index in [1.165, 1.54) is 0 Å². The summed E-state index contributed by atoms with van der Waals surface area (Å²) in [6.45, 7) is -0.653. The van der Waals surface area contributed by atoms with Crippen LogP contribution < -0.4 is 0 Å². The predicted molar refractivity (Wildman–Crippen MR) is 46.9 cm³/mol. The minimum atomic E-state index is -1.72. The van der Waals surface area contributed by atoms with Crippen molar-refractivity contribution in [3.05, 3.63) is 0 Å². The summed E-state index contributed by atoms with van der Waals surface area (Å²) in [5, 5.41) is 36.9. The summed E-state index contributed by atoms with van der Waals surface area (Å²) in [6.07, 6.45) is -6.76. The Hall–Kier alpha value is -1.15. The molecule has 1 saturated heterocycles. The highest BCUT2D eigenvalue weighted by atomic mass is 16.5. The fourth-order valence-corrected chi connectivity index (χ4v) is 1.41. The number of isocyanates is 1. The molecule has 0 saturated carbocycles. The van der Waals surface area contributed by atoms with Gasteiger partial charge in [0.2, 0.25) is 6.08 Å². The summed E-state index contributed by atoms with van der Waals surface area (Å²) in [4.78, 5) is 23.7. The maximum absolute atomic E-state index is 11.1. The van der Waals surface area contributed by atoms with E-state index in [1.807, 2.05) is 0 Å². The molecule has 1 heterocycles. The molecule has 1 aliphatic rings. The first-order valence-corrected chi connectivity index (χ1v) is 4.45. The van der Waals surface area contributed by atoms with E-state index in [0.29, 0.717) is 0 Å². The van der Waals surface area contributed by atoms with Crippen molar-refractivity contribution < 1.29 is 34.8 Å². The molecule has 0 radical (unpaired) electrons. The quantitative estimate of drug-likeness (QED) is 0.289. The van der Waals surface area contributed by atoms with Crippen LogP contribution in [-0.4, -0.2) is 69.5 Å². The van der Waals surface area contributed by atoms with Crippen LogP contribution in [0.15, 0.2) is 4.99 Å². The lowest BCUT2D eigenvalue weighted by molar-refractivity contribution is -0.225. The second-order valence-electron chi connectivity index (χ2n) is 3.29. The number of carbonyl (C=O) groups excluding carboxylic acids is 2. The van der Waals surface area contributed by atoms with E-state index in [-0.39, 0.29) is 0 Å². The zero-order chi connectivity index (χ0) is 12.3. The van der Waals surface area contributed by atoms with Gasteiger partial charge in [-0.15, -0.1) is 4.99 Å². The summed E-state index contributed by atoms with van der Waals surface area (Å²) < 4.78 is 4.81. The number of aliphatic imine (C=N–C) groups is 1. The summed E-state index contributed by atoms with van der Waals surface area (Å²) >= 11 is 0. The molecule has 8 nitrogen and oxygen atoms in total. The fraction of sp³-hybridized carbons (Fsp3) is 0.750. The van der Waals surface area contributed by atoms with Gasteiger partial charge in [-0.05, 0) is 0 Å². The van der Waals surface area contributed by atoms with Crippen LogP contribution in [0.3, 0.4) is 0 Å². The molecule has 1 rings (SSSR count). The van der Waals surface area contributed by atoms with Crippen molar-refractivity contribution in [2.45, 2.75) is 30.5 Å². The van der Waals surface area contributed by atoms with Gasteiger partial charge in [0.1, 0.15) is 24.4 Å².